The summed E-state index contributed by atoms with van der Waals surface area (Å²) in [6.07, 6.45) is 0. The molecule has 0 aliphatic rings. The van der Waals surface area contributed by atoms with E-state index in [2.05, 4.69) is 156 Å². The van der Waals surface area contributed by atoms with E-state index in [0.29, 0.717) is 0 Å². The predicted molar refractivity (Wildman–Crippen MR) is 201 cm³/mol. The molecule has 0 atom stereocenters. The van der Waals surface area contributed by atoms with Crippen LogP contribution in [0.3, 0.4) is 0 Å². The van der Waals surface area contributed by atoms with Gasteiger partial charge in [-0.15, -0.1) is 22.7 Å². The number of hydrogen-bond donors (Lipinski definition) is 0. The van der Waals surface area contributed by atoms with Crippen LogP contribution in [0.1, 0.15) is 0 Å². The van der Waals surface area contributed by atoms with E-state index >= 15 is 0 Å². The molecule has 3 heterocycles. The summed E-state index contributed by atoms with van der Waals surface area (Å²) >= 11 is 3.49. The maximum atomic E-state index is 4.99. The fourth-order valence-corrected chi connectivity index (χ4v) is 8.65. The van der Waals surface area contributed by atoms with Crippen molar-refractivity contribution in [3.05, 3.63) is 152 Å². The van der Waals surface area contributed by atoms with E-state index in [4.69, 9.17) is 9.97 Å². The molecule has 10 aromatic rings. The monoisotopic (exact) mass is 635 g/mol. The van der Waals surface area contributed by atoms with Gasteiger partial charge in [-0.05, 0) is 101 Å². The van der Waals surface area contributed by atoms with Crippen molar-refractivity contribution in [1.82, 2.24) is 14.5 Å². The first kappa shape index (κ1) is 26.6. The first-order chi connectivity index (χ1) is 23.2. The van der Waals surface area contributed by atoms with Gasteiger partial charge in [0.2, 0.25) is 0 Å². The van der Waals surface area contributed by atoms with Gasteiger partial charge in [-0.1, -0.05) is 72.8 Å². The van der Waals surface area contributed by atoms with Crippen LogP contribution in [0.15, 0.2) is 152 Å². The van der Waals surface area contributed by atoms with E-state index in [-0.39, 0.29) is 0 Å². The van der Waals surface area contributed by atoms with Crippen molar-refractivity contribution in [3.8, 4) is 38.0 Å². The SMILES string of the molecule is c1ccc2cc(-c3ccc(-n4c5ccc(-c6nc7ccccc7s6)cc5c5cc(-c6nc7ccccc7s6)ccc54)cc3)ccc2c1. The van der Waals surface area contributed by atoms with Gasteiger partial charge < -0.3 is 4.57 Å². The molecule has 0 radical (unpaired) electrons. The molecular formula is C42H25N3S2. The van der Waals surface area contributed by atoms with Crippen molar-refractivity contribution in [2.45, 2.75) is 0 Å². The van der Waals surface area contributed by atoms with Gasteiger partial charge in [0, 0.05) is 27.6 Å². The summed E-state index contributed by atoms with van der Waals surface area (Å²) in [5, 5.41) is 7.00. The van der Waals surface area contributed by atoms with Crippen LogP contribution < -0.4 is 0 Å². The Morgan fingerprint density at radius 2 is 0.915 bits per heavy atom. The molecule has 10 rings (SSSR count). The molecule has 7 aromatic carbocycles. The van der Waals surface area contributed by atoms with Gasteiger partial charge in [0.05, 0.1) is 31.5 Å². The fraction of sp³-hybridized carbons (Fsp3) is 0. The van der Waals surface area contributed by atoms with E-state index in [9.17, 15) is 0 Å². The smallest absolute Gasteiger partial charge is 0.124 e. The summed E-state index contributed by atoms with van der Waals surface area (Å²) in [7, 11) is 0. The number of hydrogen-bond acceptors (Lipinski definition) is 4. The Kier molecular flexibility index (Phi) is 5.92. The molecule has 0 aliphatic carbocycles. The molecule has 220 valence electrons. The van der Waals surface area contributed by atoms with E-state index in [1.165, 1.54) is 53.1 Å². The minimum atomic E-state index is 1.04. The Morgan fingerprint density at radius 1 is 0.404 bits per heavy atom. The van der Waals surface area contributed by atoms with E-state index < -0.39 is 0 Å². The standard InChI is InChI=1S/C42H25N3S2/c1-2-8-28-23-29(14-13-26(28)7-1)27-15-19-32(20-16-27)45-37-21-17-30(41-43-35-9-3-5-11-39(35)46-41)24-33(37)34-25-31(18-22-38(34)45)42-44-36-10-4-6-12-40(36)47-42/h1-25H. The first-order valence-electron chi connectivity index (χ1n) is 15.6. The van der Waals surface area contributed by atoms with Crippen LogP contribution in [0.5, 0.6) is 0 Å². The Hall–Kier alpha value is -5.62. The molecule has 0 saturated carbocycles. The third kappa shape index (κ3) is 4.39. The van der Waals surface area contributed by atoms with Crippen molar-refractivity contribution in [1.29, 1.82) is 0 Å². The number of rotatable bonds is 4. The van der Waals surface area contributed by atoms with Crippen LogP contribution in [0.2, 0.25) is 0 Å². The highest BCUT2D eigenvalue weighted by molar-refractivity contribution is 7.22. The Balaban J connectivity index is 1.15. The molecule has 5 heteroatoms. The first-order valence-corrected chi connectivity index (χ1v) is 17.3. The number of benzene rings is 7. The summed E-state index contributed by atoms with van der Waals surface area (Å²) in [6, 6.07) is 54.5. The lowest BCUT2D eigenvalue weighted by Crippen LogP contribution is -1.94. The molecule has 3 nitrogen and oxygen atoms in total. The number of para-hydroxylation sites is 2. The second-order valence-corrected chi connectivity index (χ2v) is 13.9. The number of fused-ring (bicyclic) bond motifs is 6. The molecule has 3 aromatic heterocycles. The highest BCUT2D eigenvalue weighted by Gasteiger charge is 2.17. The molecule has 0 spiro atoms. The average Bonchev–Trinajstić information content (AvgIpc) is 3.85. The van der Waals surface area contributed by atoms with Gasteiger partial charge in [0.1, 0.15) is 10.0 Å². The fourth-order valence-electron chi connectivity index (χ4n) is 6.73. The second kappa shape index (κ2) is 10.5. The molecule has 0 bridgehead atoms. The summed E-state index contributed by atoms with van der Waals surface area (Å²) in [5.41, 5.74) is 10.3. The number of nitrogens with zero attached hydrogens (tertiary/aromatic N) is 3. The summed E-state index contributed by atoms with van der Waals surface area (Å²) in [6.45, 7) is 0. The maximum Gasteiger partial charge on any atom is 0.124 e. The molecule has 0 aliphatic heterocycles. The minimum absolute atomic E-state index is 1.04. The molecular weight excluding hydrogens is 611 g/mol. The number of aromatic nitrogens is 3. The van der Waals surface area contributed by atoms with Crippen LogP contribution in [-0.4, -0.2) is 14.5 Å². The molecule has 0 saturated heterocycles. The Bertz CT molecular complexity index is 2600. The van der Waals surface area contributed by atoms with Crippen LogP contribution in [-0.2, 0) is 0 Å². The molecule has 0 N–H and O–H groups in total. The van der Waals surface area contributed by atoms with Crippen molar-refractivity contribution >= 4 is 75.7 Å². The lowest BCUT2D eigenvalue weighted by atomic mass is 10.0. The highest BCUT2D eigenvalue weighted by Crippen LogP contribution is 2.40. The largest absolute Gasteiger partial charge is 0.309 e. The number of thiazole rings is 2. The van der Waals surface area contributed by atoms with E-state index in [1.54, 1.807) is 22.7 Å². The average molecular weight is 636 g/mol. The van der Waals surface area contributed by atoms with Crippen LogP contribution in [0.25, 0.3) is 91.0 Å². The summed E-state index contributed by atoms with van der Waals surface area (Å²) in [4.78, 5) is 9.97. The second-order valence-electron chi connectivity index (χ2n) is 11.9. The van der Waals surface area contributed by atoms with Crippen molar-refractivity contribution in [2.75, 3.05) is 0 Å². The zero-order valence-corrected chi connectivity index (χ0v) is 26.7. The lowest BCUT2D eigenvalue weighted by Gasteiger charge is -2.10. The zero-order valence-electron chi connectivity index (χ0n) is 25.1. The van der Waals surface area contributed by atoms with Crippen LogP contribution in [0.4, 0.5) is 0 Å². The highest BCUT2D eigenvalue weighted by atomic mass is 32.1. The molecule has 47 heavy (non-hydrogen) atoms. The summed E-state index contributed by atoms with van der Waals surface area (Å²) in [5.74, 6) is 0. The quantitative estimate of drug-likeness (QED) is 0.193. The summed E-state index contributed by atoms with van der Waals surface area (Å²) < 4.78 is 4.79. The van der Waals surface area contributed by atoms with Crippen LogP contribution in [0, 0.1) is 0 Å². The van der Waals surface area contributed by atoms with Gasteiger partial charge in [-0.25, -0.2) is 9.97 Å². The van der Waals surface area contributed by atoms with Gasteiger partial charge in [0.15, 0.2) is 0 Å². The minimum Gasteiger partial charge on any atom is -0.309 e. The molecule has 0 unspecified atom stereocenters. The predicted octanol–water partition coefficient (Wildman–Crippen LogP) is 12.2. The van der Waals surface area contributed by atoms with Gasteiger partial charge >= 0.3 is 0 Å². The third-order valence-corrected chi connectivity index (χ3v) is 11.2. The van der Waals surface area contributed by atoms with Crippen molar-refractivity contribution < 1.29 is 0 Å². The van der Waals surface area contributed by atoms with Gasteiger partial charge in [0.25, 0.3) is 0 Å². The Labute approximate surface area is 278 Å². The van der Waals surface area contributed by atoms with E-state index in [0.717, 1.165) is 37.9 Å². The third-order valence-electron chi connectivity index (χ3n) is 9.06. The van der Waals surface area contributed by atoms with Gasteiger partial charge in [-0.3, -0.25) is 0 Å². The van der Waals surface area contributed by atoms with Gasteiger partial charge in [-0.2, -0.15) is 0 Å². The topological polar surface area (TPSA) is 30.7 Å². The normalized spacial score (nSPS) is 11.8. The zero-order chi connectivity index (χ0) is 30.9. The van der Waals surface area contributed by atoms with Crippen molar-refractivity contribution in [3.63, 3.8) is 0 Å². The Morgan fingerprint density at radius 3 is 1.51 bits per heavy atom. The molecule has 0 fully saturated rings. The lowest BCUT2D eigenvalue weighted by molar-refractivity contribution is 1.18. The maximum absolute atomic E-state index is 4.99. The van der Waals surface area contributed by atoms with Crippen LogP contribution >= 0.6 is 22.7 Å². The van der Waals surface area contributed by atoms with E-state index in [1.807, 2.05) is 0 Å². The van der Waals surface area contributed by atoms with Crippen molar-refractivity contribution in [2.24, 2.45) is 0 Å². The molecule has 0 amide bonds.